The van der Waals surface area contributed by atoms with Crippen LogP contribution in [-0.2, 0) is 0 Å². The minimum Gasteiger partial charge on any atom is -0.367 e. The van der Waals surface area contributed by atoms with Crippen LogP contribution in [0.25, 0.3) is 22.4 Å². The molecule has 0 spiro atoms. The summed E-state index contributed by atoms with van der Waals surface area (Å²) in [6.45, 7) is 2.02. The number of benzene rings is 1. The van der Waals surface area contributed by atoms with E-state index in [0.29, 0.717) is 21.3 Å². The molecule has 0 aliphatic rings. The minimum atomic E-state index is 0.245. The Morgan fingerprint density at radius 1 is 1.20 bits per heavy atom. The quantitative estimate of drug-likeness (QED) is 0.698. The van der Waals surface area contributed by atoms with Crippen LogP contribution in [0.1, 0.15) is 5.56 Å². The van der Waals surface area contributed by atoms with E-state index in [4.69, 9.17) is 33.5 Å². The molecule has 0 saturated heterocycles. The maximum Gasteiger partial charge on any atom is 0.230 e. The number of aromatic nitrogens is 1. The number of aryl methyl sites for hydroxylation is 1. The summed E-state index contributed by atoms with van der Waals surface area (Å²) in [5.41, 5.74) is 10.2. The maximum absolute atomic E-state index is 6.26. The van der Waals surface area contributed by atoms with Crippen molar-refractivity contribution in [3.05, 3.63) is 44.6 Å². The summed E-state index contributed by atoms with van der Waals surface area (Å²) in [6.07, 6.45) is 0. The van der Waals surface area contributed by atoms with Gasteiger partial charge in [-0.25, -0.2) is 0 Å². The van der Waals surface area contributed by atoms with Crippen molar-refractivity contribution >= 4 is 40.4 Å². The normalized spacial score (nSPS) is 10.9. The molecule has 0 saturated carbocycles. The molecular formula is C14H10Cl2N2OS. The summed E-state index contributed by atoms with van der Waals surface area (Å²) < 4.78 is 5.15. The van der Waals surface area contributed by atoms with Gasteiger partial charge in [0.15, 0.2) is 0 Å². The van der Waals surface area contributed by atoms with Gasteiger partial charge in [0.05, 0.1) is 10.6 Å². The van der Waals surface area contributed by atoms with Crippen LogP contribution >= 0.6 is 34.5 Å². The molecule has 6 heteroatoms. The second kappa shape index (κ2) is 5.13. The monoisotopic (exact) mass is 324 g/mol. The Morgan fingerprint density at radius 2 is 2.00 bits per heavy atom. The van der Waals surface area contributed by atoms with E-state index < -0.39 is 0 Å². The molecule has 2 heterocycles. The summed E-state index contributed by atoms with van der Waals surface area (Å²) in [6, 6.07) is 5.26. The van der Waals surface area contributed by atoms with Crippen molar-refractivity contribution in [3.8, 4) is 22.4 Å². The predicted molar refractivity (Wildman–Crippen MR) is 84.4 cm³/mol. The van der Waals surface area contributed by atoms with Gasteiger partial charge in [-0.2, -0.15) is 11.3 Å². The standard InChI is InChI=1S/C14H10Cl2N2OS/c1-7-5-20-6-10(7)13-12(14(17)19-18-13)9-3-2-8(15)4-11(9)16/h2-6H,17H2,1H3. The topological polar surface area (TPSA) is 52.0 Å². The number of anilines is 1. The largest absolute Gasteiger partial charge is 0.367 e. The lowest BCUT2D eigenvalue weighted by atomic mass is 10.0. The van der Waals surface area contributed by atoms with Gasteiger partial charge < -0.3 is 10.3 Å². The number of nitrogen functional groups attached to an aromatic ring is 1. The molecule has 0 amide bonds. The zero-order chi connectivity index (χ0) is 14.3. The van der Waals surface area contributed by atoms with Gasteiger partial charge in [-0.3, -0.25) is 0 Å². The van der Waals surface area contributed by atoms with Crippen LogP contribution < -0.4 is 5.73 Å². The third-order valence-electron chi connectivity index (χ3n) is 3.03. The molecule has 3 rings (SSSR count). The van der Waals surface area contributed by atoms with Gasteiger partial charge in [0.2, 0.25) is 5.88 Å². The lowest BCUT2D eigenvalue weighted by Crippen LogP contribution is -1.89. The van der Waals surface area contributed by atoms with Gasteiger partial charge in [0, 0.05) is 21.5 Å². The van der Waals surface area contributed by atoms with E-state index in [1.54, 1.807) is 23.5 Å². The lowest BCUT2D eigenvalue weighted by Gasteiger charge is -2.05. The molecule has 2 aromatic heterocycles. The molecule has 0 aliphatic carbocycles. The number of thiophene rings is 1. The first-order valence-corrected chi connectivity index (χ1v) is 7.51. The molecule has 0 bridgehead atoms. The van der Waals surface area contributed by atoms with E-state index in [9.17, 15) is 0 Å². The van der Waals surface area contributed by atoms with E-state index in [2.05, 4.69) is 5.16 Å². The average molecular weight is 325 g/mol. The third-order valence-corrected chi connectivity index (χ3v) is 4.44. The van der Waals surface area contributed by atoms with Gasteiger partial charge in [-0.15, -0.1) is 0 Å². The van der Waals surface area contributed by atoms with E-state index >= 15 is 0 Å². The number of hydrogen-bond acceptors (Lipinski definition) is 4. The van der Waals surface area contributed by atoms with Gasteiger partial charge in [0.25, 0.3) is 0 Å². The molecule has 0 unspecified atom stereocenters. The number of nitrogens with zero attached hydrogens (tertiary/aromatic N) is 1. The molecule has 20 heavy (non-hydrogen) atoms. The fraction of sp³-hybridized carbons (Fsp3) is 0.0714. The smallest absolute Gasteiger partial charge is 0.230 e. The van der Waals surface area contributed by atoms with E-state index in [1.165, 1.54) is 0 Å². The highest BCUT2D eigenvalue weighted by Crippen LogP contribution is 2.41. The fourth-order valence-electron chi connectivity index (χ4n) is 2.04. The van der Waals surface area contributed by atoms with Crippen molar-refractivity contribution in [1.29, 1.82) is 0 Å². The molecule has 0 fully saturated rings. The Bertz CT molecular complexity index is 779. The molecule has 1 aromatic carbocycles. The third kappa shape index (κ3) is 2.20. The van der Waals surface area contributed by atoms with Crippen molar-refractivity contribution < 1.29 is 4.52 Å². The second-order valence-corrected chi connectivity index (χ2v) is 5.95. The summed E-state index contributed by atoms with van der Waals surface area (Å²) >= 11 is 13.8. The van der Waals surface area contributed by atoms with Crippen LogP contribution in [-0.4, -0.2) is 5.16 Å². The SMILES string of the molecule is Cc1cscc1-c1noc(N)c1-c1ccc(Cl)cc1Cl. The average Bonchev–Trinajstić information content (AvgIpc) is 2.96. The maximum atomic E-state index is 6.26. The minimum absolute atomic E-state index is 0.245. The van der Waals surface area contributed by atoms with E-state index in [0.717, 1.165) is 16.7 Å². The van der Waals surface area contributed by atoms with Crippen molar-refractivity contribution in [1.82, 2.24) is 5.16 Å². The molecule has 2 N–H and O–H groups in total. The predicted octanol–water partition coefficient (Wildman–Crippen LogP) is 5.27. The van der Waals surface area contributed by atoms with Gasteiger partial charge >= 0.3 is 0 Å². The number of halogens is 2. The zero-order valence-electron chi connectivity index (χ0n) is 10.5. The first-order valence-electron chi connectivity index (χ1n) is 5.81. The molecule has 0 atom stereocenters. The van der Waals surface area contributed by atoms with Crippen molar-refractivity contribution in [2.45, 2.75) is 6.92 Å². The van der Waals surface area contributed by atoms with Gasteiger partial charge in [-0.1, -0.05) is 34.4 Å². The second-order valence-electron chi connectivity index (χ2n) is 4.36. The van der Waals surface area contributed by atoms with Gasteiger partial charge in [-0.05, 0) is 30.0 Å². The molecular weight excluding hydrogens is 315 g/mol. The van der Waals surface area contributed by atoms with Crippen molar-refractivity contribution in [3.63, 3.8) is 0 Å². The molecule has 3 aromatic rings. The first-order chi connectivity index (χ1) is 9.58. The highest BCUT2D eigenvalue weighted by molar-refractivity contribution is 7.08. The van der Waals surface area contributed by atoms with Crippen molar-refractivity contribution in [2.24, 2.45) is 0 Å². The molecule has 0 radical (unpaired) electrons. The van der Waals surface area contributed by atoms with Crippen LogP contribution in [0.3, 0.4) is 0 Å². The van der Waals surface area contributed by atoms with Crippen LogP contribution in [0.5, 0.6) is 0 Å². The Hall–Kier alpha value is -1.49. The molecule has 0 aliphatic heterocycles. The zero-order valence-corrected chi connectivity index (χ0v) is 12.8. The summed E-state index contributed by atoms with van der Waals surface area (Å²) in [4.78, 5) is 0. The van der Waals surface area contributed by atoms with Crippen LogP contribution in [0, 0.1) is 6.92 Å². The Morgan fingerprint density at radius 3 is 2.65 bits per heavy atom. The summed E-state index contributed by atoms with van der Waals surface area (Å²) in [5.74, 6) is 0.245. The Balaban J connectivity index is 2.24. The van der Waals surface area contributed by atoms with Crippen LogP contribution in [0.4, 0.5) is 5.88 Å². The number of nitrogens with two attached hydrogens (primary N) is 1. The lowest BCUT2D eigenvalue weighted by molar-refractivity contribution is 0.439. The Kier molecular flexibility index (Phi) is 3.46. The highest BCUT2D eigenvalue weighted by Gasteiger charge is 2.21. The van der Waals surface area contributed by atoms with Gasteiger partial charge in [0.1, 0.15) is 5.69 Å². The summed E-state index contributed by atoms with van der Waals surface area (Å²) in [7, 11) is 0. The number of rotatable bonds is 2. The van der Waals surface area contributed by atoms with E-state index in [-0.39, 0.29) is 5.88 Å². The number of hydrogen-bond donors (Lipinski definition) is 1. The van der Waals surface area contributed by atoms with Crippen molar-refractivity contribution in [2.75, 3.05) is 5.73 Å². The fourth-order valence-corrected chi connectivity index (χ4v) is 3.38. The highest BCUT2D eigenvalue weighted by atomic mass is 35.5. The van der Waals surface area contributed by atoms with Crippen LogP contribution in [0.2, 0.25) is 10.0 Å². The molecule has 102 valence electrons. The molecule has 3 nitrogen and oxygen atoms in total. The van der Waals surface area contributed by atoms with Crippen LogP contribution in [0.15, 0.2) is 33.5 Å². The first kappa shape index (κ1) is 13.5. The van der Waals surface area contributed by atoms with E-state index in [1.807, 2.05) is 23.8 Å². The Labute approximate surface area is 129 Å². The summed E-state index contributed by atoms with van der Waals surface area (Å²) in [5, 5.41) is 9.22.